The molecule has 0 radical (unpaired) electrons. The molecule has 2 aromatic heterocycles. The number of carboxylic acid groups (broad SMARTS) is 1. The first-order chi connectivity index (χ1) is 22.9. The zero-order valence-corrected chi connectivity index (χ0v) is 26.1. The average molecular weight is 661 g/mol. The fourth-order valence-corrected chi connectivity index (χ4v) is 5.36. The van der Waals surface area contributed by atoms with Gasteiger partial charge in [-0.05, 0) is 42.5 Å². The Kier molecular flexibility index (Phi) is 11.7. The van der Waals surface area contributed by atoms with E-state index in [0.717, 1.165) is 32.9 Å². The molecule has 48 heavy (non-hydrogen) atoms. The number of amides is 4. The van der Waals surface area contributed by atoms with Gasteiger partial charge in [-0.25, -0.2) is 4.79 Å². The van der Waals surface area contributed by atoms with Crippen molar-refractivity contribution in [2.45, 2.75) is 56.3 Å². The van der Waals surface area contributed by atoms with E-state index in [2.05, 4.69) is 30.9 Å². The average Bonchev–Trinajstić information content (AvgIpc) is 3.65. The first-order valence-corrected chi connectivity index (χ1v) is 15.3. The monoisotopic (exact) mass is 660 g/mol. The van der Waals surface area contributed by atoms with Crippen molar-refractivity contribution >= 4 is 57.4 Å². The van der Waals surface area contributed by atoms with Gasteiger partial charge in [-0.3, -0.25) is 24.2 Å². The standard InChI is InChI=1S/C32H40N10O6/c33-21(12-17-15-38-22-8-3-1-6-19(17)22)28(44)41-25(13-18-16-39-23-9-4-2-7-20(18)23)30(46)40-24(10-5-11-37-32(35)36)29(45)42-26(31(47)48)14-27(34)43/h1-4,6-9,15-16,21,24-26,38-39H,5,10-14,33H2,(H2,34,43)(H,40,46)(H,41,44)(H,42,45)(H,47,48)(H4,35,36,37). The summed E-state index contributed by atoms with van der Waals surface area (Å²) in [7, 11) is 0. The van der Waals surface area contributed by atoms with E-state index in [1.807, 2.05) is 48.5 Å². The minimum atomic E-state index is -1.63. The molecule has 2 aromatic carbocycles. The van der Waals surface area contributed by atoms with Crippen molar-refractivity contribution in [2.24, 2.45) is 27.9 Å². The molecule has 16 heteroatoms. The van der Waals surface area contributed by atoms with Crippen LogP contribution in [0.3, 0.4) is 0 Å². The van der Waals surface area contributed by atoms with Crippen molar-refractivity contribution in [2.75, 3.05) is 6.54 Å². The van der Waals surface area contributed by atoms with Crippen LogP contribution in [0.15, 0.2) is 65.9 Å². The van der Waals surface area contributed by atoms with Gasteiger partial charge in [-0.15, -0.1) is 0 Å². The molecule has 0 aliphatic heterocycles. The third kappa shape index (κ3) is 9.32. The molecule has 4 amide bonds. The lowest BCUT2D eigenvalue weighted by Gasteiger charge is -2.25. The molecule has 0 bridgehead atoms. The van der Waals surface area contributed by atoms with Crippen LogP contribution in [-0.2, 0) is 36.8 Å². The third-order valence-corrected chi connectivity index (χ3v) is 7.78. The number of para-hydroxylation sites is 2. The number of rotatable bonds is 17. The highest BCUT2D eigenvalue weighted by Gasteiger charge is 2.31. The number of benzene rings is 2. The molecule has 14 N–H and O–H groups in total. The van der Waals surface area contributed by atoms with Gasteiger partial charge in [-0.2, -0.15) is 0 Å². The highest BCUT2D eigenvalue weighted by molar-refractivity contribution is 5.96. The van der Waals surface area contributed by atoms with Crippen LogP contribution < -0.4 is 38.9 Å². The van der Waals surface area contributed by atoms with E-state index in [1.54, 1.807) is 12.4 Å². The largest absolute Gasteiger partial charge is 0.480 e. The smallest absolute Gasteiger partial charge is 0.326 e. The lowest BCUT2D eigenvalue weighted by atomic mass is 10.0. The summed E-state index contributed by atoms with van der Waals surface area (Å²) in [5, 5.41) is 18.9. The Morgan fingerprint density at radius 2 is 1.25 bits per heavy atom. The second-order valence-electron chi connectivity index (χ2n) is 11.4. The Morgan fingerprint density at radius 1 is 0.729 bits per heavy atom. The van der Waals surface area contributed by atoms with Gasteiger partial charge in [-0.1, -0.05) is 36.4 Å². The summed E-state index contributed by atoms with van der Waals surface area (Å²) in [5.41, 5.74) is 25.5. The van der Waals surface area contributed by atoms with Crippen molar-refractivity contribution in [3.63, 3.8) is 0 Å². The van der Waals surface area contributed by atoms with Gasteiger partial charge in [0.25, 0.3) is 0 Å². The van der Waals surface area contributed by atoms with Crippen molar-refractivity contribution in [1.82, 2.24) is 25.9 Å². The lowest BCUT2D eigenvalue weighted by Crippen LogP contribution is -2.58. The number of nitrogens with one attached hydrogen (secondary N) is 5. The first-order valence-electron chi connectivity index (χ1n) is 15.3. The predicted molar refractivity (Wildman–Crippen MR) is 179 cm³/mol. The van der Waals surface area contributed by atoms with E-state index in [-0.39, 0.29) is 38.2 Å². The van der Waals surface area contributed by atoms with Crippen LogP contribution in [0, 0.1) is 0 Å². The number of hydrogen-bond acceptors (Lipinski definition) is 7. The number of hydrogen-bond donors (Lipinski definition) is 10. The maximum atomic E-state index is 13.9. The Labute approximate surface area is 275 Å². The van der Waals surface area contributed by atoms with Crippen LogP contribution in [0.25, 0.3) is 21.8 Å². The van der Waals surface area contributed by atoms with Crippen molar-refractivity contribution < 1.29 is 29.1 Å². The van der Waals surface area contributed by atoms with Gasteiger partial charge >= 0.3 is 5.97 Å². The van der Waals surface area contributed by atoms with E-state index >= 15 is 0 Å². The molecule has 4 rings (SSSR count). The second-order valence-corrected chi connectivity index (χ2v) is 11.4. The van der Waals surface area contributed by atoms with Crippen molar-refractivity contribution in [3.05, 3.63) is 72.1 Å². The van der Waals surface area contributed by atoms with Crippen LogP contribution in [0.1, 0.15) is 30.4 Å². The maximum absolute atomic E-state index is 13.9. The number of aromatic nitrogens is 2. The number of fused-ring (bicyclic) bond motifs is 2. The SMILES string of the molecule is NC(=O)CC(NC(=O)C(CCCN=C(N)N)NC(=O)C(Cc1c[nH]c2ccccc12)NC(=O)C(N)Cc1c[nH]c2ccccc12)C(=O)O. The summed E-state index contributed by atoms with van der Waals surface area (Å²) in [6.45, 7) is 0.115. The van der Waals surface area contributed by atoms with E-state index in [0.29, 0.717) is 0 Å². The first kappa shape index (κ1) is 35.0. The van der Waals surface area contributed by atoms with Gasteiger partial charge in [0.2, 0.25) is 23.6 Å². The highest BCUT2D eigenvalue weighted by atomic mass is 16.4. The molecule has 16 nitrogen and oxygen atoms in total. The summed E-state index contributed by atoms with van der Waals surface area (Å²) >= 11 is 0. The molecule has 0 fully saturated rings. The molecule has 0 spiro atoms. The van der Waals surface area contributed by atoms with Gasteiger partial charge in [0.15, 0.2) is 5.96 Å². The number of nitrogens with two attached hydrogens (primary N) is 4. The fourth-order valence-electron chi connectivity index (χ4n) is 5.36. The predicted octanol–water partition coefficient (Wildman–Crippen LogP) is -0.770. The van der Waals surface area contributed by atoms with Crippen LogP contribution in [0.2, 0.25) is 0 Å². The Balaban J connectivity index is 1.56. The van der Waals surface area contributed by atoms with E-state index in [9.17, 15) is 29.1 Å². The number of aliphatic imine (C=N–C) groups is 1. The Hall–Kier alpha value is -5.90. The second kappa shape index (κ2) is 16.1. The summed E-state index contributed by atoms with van der Waals surface area (Å²) in [6, 6.07) is 9.87. The number of aromatic amines is 2. The molecule has 0 saturated carbocycles. The van der Waals surface area contributed by atoms with Crippen LogP contribution in [-0.4, -0.2) is 81.3 Å². The molecule has 0 aliphatic rings. The third-order valence-electron chi connectivity index (χ3n) is 7.78. The number of carbonyl (C=O) groups excluding carboxylic acids is 4. The van der Waals surface area contributed by atoms with Gasteiger partial charge in [0, 0.05) is 47.2 Å². The molecular formula is C32H40N10O6. The molecule has 4 atom stereocenters. The topological polar surface area (TPSA) is 290 Å². The Bertz CT molecular complexity index is 1810. The van der Waals surface area contributed by atoms with Crippen LogP contribution in [0.5, 0.6) is 0 Å². The number of aliphatic carboxylic acids is 1. The van der Waals surface area contributed by atoms with E-state index in [4.69, 9.17) is 22.9 Å². The van der Waals surface area contributed by atoms with E-state index in [1.165, 1.54) is 0 Å². The number of guanidine groups is 1. The number of primary amides is 1. The summed E-state index contributed by atoms with van der Waals surface area (Å²) in [4.78, 5) is 73.9. The van der Waals surface area contributed by atoms with E-state index < -0.39 is 60.2 Å². The van der Waals surface area contributed by atoms with Crippen molar-refractivity contribution in [3.8, 4) is 0 Å². The molecular weight excluding hydrogens is 620 g/mol. The molecule has 2 heterocycles. The summed E-state index contributed by atoms with van der Waals surface area (Å²) in [5.74, 6) is -4.80. The van der Waals surface area contributed by atoms with Gasteiger partial charge in [0.05, 0.1) is 12.5 Å². The zero-order chi connectivity index (χ0) is 34.8. The fraction of sp³-hybridized carbons (Fsp3) is 0.312. The number of carbonyl (C=O) groups is 5. The zero-order valence-electron chi connectivity index (χ0n) is 26.1. The highest BCUT2D eigenvalue weighted by Crippen LogP contribution is 2.21. The number of H-pyrrole nitrogens is 2. The number of nitrogens with zero attached hydrogens (tertiary/aromatic N) is 1. The molecule has 0 aliphatic carbocycles. The molecule has 4 aromatic rings. The van der Waals surface area contributed by atoms with Gasteiger partial charge < -0.3 is 54.0 Å². The quantitative estimate of drug-likeness (QED) is 0.0386. The van der Waals surface area contributed by atoms with Crippen LogP contribution >= 0.6 is 0 Å². The maximum Gasteiger partial charge on any atom is 0.326 e. The molecule has 0 saturated heterocycles. The summed E-state index contributed by atoms with van der Waals surface area (Å²) < 4.78 is 0. The minimum absolute atomic E-state index is 0.00884. The lowest BCUT2D eigenvalue weighted by molar-refractivity contribution is -0.143. The minimum Gasteiger partial charge on any atom is -0.480 e. The van der Waals surface area contributed by atoms with Gasteiger partial charge in [0.1, 0.15) is 18.1 Å². The number of carboxylic acids is 1. The van der Waals surface area contributed by atoms with Crippen molar-refractivity contribution in [1.29, 1.82) is 0 Å². The normalized spacial score (nSPS) is 13.6. The van der Waals surface area contributed by atoms with Crippen LogP contribution in [0.4, 0.5) is 0 Å². The molecule has 4 unspecified atom stereocenters. The Morgan fingerprint density at radius 3 is 1.81 bits per heavy atom. The molecule has 254 valence electrons. The summed E-state index contributed by atoms with van der Waals surface area (Å²) in [6.07, 6.45) is 3.27.